The number of hydrogen-bond acceptors (Lipinski definition) is 9. The van der Waals surface area contributed by atoms with E-state index in [-0.39, 0.29) is 63.2 Å². The maximum atomic E-state index is 13.5. The van der Waals surface area contributed by atoms with Gasteiger partial charge in [0.2, 0.25) is 0 Å². The molecular weight excluding hydrogens is 593 g/mol. The van der Waals surface area contributed by atoms with E-state index in [0.29, 0.717) is 11.1 Å². The first kappa shape index (κ1) is 30.2. The summed E-state index contributed by atoms with van der Waals surface area (Å²) in [5.41, 5.74) is 0.343. The van der Waals surface area contributed by atoms with Crippen LogP contribution >= 0.6 is 23.2 Å². The van der Waals surface area contributed by atoms with E-state index < -0.39 is 22.8 Å². The highest BCUT2D eigenvalue weighted by Gasteiger charge is 2.38. The number of halogens is 2. The maximum Gasteiger partial charge on any atom is 0.336 e. The number of urea groups is 1. The highest BCUT2D eigenvalue weighted by molar-refractivity contribution is 6.40. The van der Waals surface area contributed by atoms with Crippen LogP contribution in [0.1, 0.15) is 18.1 Å². The minimum absolute atomic E-state index is 0.00224. The molecule has 3 aromatic carbocycles. The van der Waals surface area contributed by atoms with Gasteiger partial charge in [-0.25, -0.2) is 9.69 Å². The fraction of sp³-hybridized carbons (Fsp3) is 0.179. The molecule has 14 heteroatoms. The van der Waals surface area contributed by atoms with Gasteiger partial charge in [0.05, 0.1) is 41.5 Å². The predicted octanol–water partition coefficient (Wildman–Crippen LogP) is 5.56. The Hall–Kier alpha value is -4.81. The number of benzene rings is 3. The minimum atomic E-state index is -0.997. The number of barbiturate groups is 1. The van der Waals surface area contributed by atoms with E-state index in [9.17, 15) is 24.5 Å². The first-order valence-electron chi connectivity index (χ1n) is 12.2. The van der Waals surface area contributed by atoms with Crippen LogP contribution in [0.4, 0.5) is 16.2 Å². The SMILES string of the molecule is CCOc1cc(/C=C2\C(=O)NC(=O)N(c3cc(OC)c(Cl)cc3OC)C2=O)cc(Cl)c1OCc1cccc([N+](=O)[O-])c1. The Morgan fingerprint density at radius 3 is 2.36 bits per heavy atom. The Morgan fingerprint density at radius 1 is 0.952 bits per heavy atom. The average molecular weight is 616 g/mol. The molecule has 0 unspecified atom stereocenters. The summed E-state index contributed by atoms with van der Waals surface area (Å²) < 4.78 is 22.0. The normalized spacial score (nSPS) is 14.1. The summed E-state index contributed by atoms with van der Waals surface area (Å²) in [6, 6.07) is 10.6. The second-order valence-corrected chi connectivity index (χ2v) is 9.41. The van der Waals surface area contributed by atoms with Crippen molar-refractivity contribution in [3.05, 3.63) is 85.4 Å². The number of anilines is 1. The number of nitro groups is 1. The van der Waals surface area contributed by atoms with Crippen LogP contribution in [0.2, 0.25) is 10.0 Å². The fourth-order valence-corrected chi connectivity index (χ4v) is 4.56. The van der Waals surface area contributed by atoms with Gasteiger partial charge in [0.15, 0.2) is 11.5 Å². The zero-order valence-electron chi connectivity index (χ0n) is 22.4. The number of nitrogens with one attached hydrogen (secondary N) is 1. The molecule has 1 aliphatic heterocycles. The van der Waals surface area contributed by atoms with Crippen molar-refractivity contribution in [3.63, 3.8) is 0 Å². The van der Waals surface area contributed by atoms with E-state index in [1.807, 2.05) is 0 Å². The molecule has 1 saturated heterocycles. The lowest BCUT2D eigenvalue weighted by atomic mass is 10.1. The smallest absolute Gasteiger partial charge is 0.336 e. The Kier molecular flexibility index (Phi) is 9.18. The number of non-ortho nitro benzene ring substituents is 1. The molecule has 42 heavy (non-hydrogen) atoms. The third-order valence-corrected chi connectivity index (χ3v) is 6.52. The Labute approximate surface area is 249 Å². The zero-order valence-corrected chi connectivity index (χ0v) is 23.9. The van der Waals surface area contributed by atoms with E-state index in [2.05, 4.69) is 5.32 Å². The van der Waals surface area contributed by atoms with Crippen molar-refractivity contribution in [2.75, 3.05) is 25.7 Å². The van der Waals surface area contributed by atoms with E-state index in [1.54, 1.807) is 13.0 Å². The van der Waals surface area contributed by atoms with E-state index in [1.165, 1.54) is 62.8 Å². The first-order valence-corrected chi connectivity index (χ1v) is 13.0. The third-order valence-electron chi connectivity index (χ3n) is 5.94. The number of nitro benzene ring substituents is 1. The number of methoxy groups -OCH3 is 2. The lowest BCUT2D eigenvalue weighted by Crippen LogP contribution is -2.54. The van der Waals surface area contributed by atoms with E-state index >= 15 is 0 Å². The monoisotopic (exact) mass is 615 g/mol. The second kappa shape index (κ2) is 12.8. The summed E-state index contributed by atoms with van der Waals surface area (Å²) in [6.07, 6.45) is 1.25. The number of hydrogen-bond donors (Lipinski definition) is 1. The van der Waals surface area contributed by atoms with Gasteiger partial charge in [-0.15, -0.1) is 0 Å². The van der Waals surface area contributed by atoms with Crippen molar-refractivity contribution in [3.8, 4) is 23.0 Å². The summed E-state index contributed by atoms with van der Waals surface area (Å²) in [5, 5.41) is 13.5. The molecule has 0 aliphatic carbocycles. The van der Waals surface area contributed by atoms with E-state index in [4.69, 9.17) is 42.1 Å². The van der Waals surface area contributed by atoms with Crippen LogP contribution in [0.25, 0.3) is 6.08 Å². The van der Waals surface area contributed by atoms with Crippen molar-refractivity contribution in [1.82, 2.24) is 5.32 Å². The van der Waals surface area contributed by atoms with E-state index in [0.717, 1.165) is 4.90 Å². The van der Waals surface area contributed by atoms with Crippen molar-refractivity contribution >= 4 is 58.5 Å². The molecule has 4 rings (SSSR count). The van der Waals surface area contributed by atoms with Gasteiger partial charge in [-0.05, 0) is 36.3 Å². The molecule has 0 bridgehead atoms. The molecule has 0 spiro atoms. The molecule has 12 nitrogen and oxygen atoms in total. The number of carbonyl (C=O) groups excluding carboxylic acids is 3. The first-order chi connectivity index (χ1) is 20.1. The molecular formula is C28H23Cl2N3O9. The quantitative estimate of drug-likeness (QED) is 0.134. The van der Waals surface area contributed by atoms with Crippen LogP contribution < -0.4 is 29.2 Å². The van der Waals surface area contributed by atoms with Crippen molar-refractivity contribution in [1.29, 1.82) is 0 Å². The zero-order chi connectivity index (χ0) is 30.6. The van der Waals surface area contributed by atoms with Gasteiger partial charge in [0.1, 0.15) is 23.7 Å². The standard InChI is InChI=1S/C28H23Cl2N3O9/c1-4-41-24-11-16(10-20(30)25(24)42-14-15-6-5-7-17(8-15)33(37)38)9-18-26(34)31-28(36)32(27(18)35)21-13-22(39-2)19(29)12-23(21)40-3/h5-13H,4,14H2,1-3H3,(H,31,34,36)/b18-9+. The molecule has 0 saturated carbocycles. The summed E-state index contributed by atoms with van der Waals surface area (Å²) in [5.74, 6) is -1.26. The average Bonchev–Trinajstić information content (AvgIpc) is 2.95. The molecule has 1 aliphatic rings. The van der Waals surface area contributed by atoms with Crippen LogP contribution in [0.5, 0.6) is 23.0 Å². The molecule has 1 fully saturated rings. The molecule has 0 aromatic heterocycles. The third kappa shape index (κ3) is 6.24. The Bertz CT molecular complexity index is 1620. The van der Waals surface area contributed by atoms with Gasteiger partial charge < -0.3 is 18.9 Å². The molecule has 0 radical (unpaired) electrons. The number of rotatable bonds is 10. The Morgan fingerprint density at radius 2 is 1.69 bits per heavy atom. The van der Waals surface area contributed by atoms with Crippen molar-refractivity contribution in [2.45, 2.75) is 13.5 Å². The van der Waals surface area contributed by atoms with Gasteiger partial charge in [-0.2, -0.15) is 0 Å². The minimum Gasteiger partial charge on any atom is -0.495 e. The van der Waals surface area contributed by atoms with Gasteiger partial charge in [-0.1, -0.05) is 35.3 Å². The van der Waals surface area contributed by atoms with Crippen molar-refractivity contribution < 1.29 is 38.3 Å². The van der Waals surface area contributed by atoms with Crippen LogP contribution in [-0.2, 0) is 16.2 Å². The van der Waals surface area contributed by atoms with Gasteiger partial charge in [-0.3, -0.25) is 25.0 Å². The molecule has 3 aromatic rings. The lowest BCUT2D eigenvalue weighted by Gasteiger charge is -2.28. The second-order valence-electron chi connectivity index (χ2n) is 8.60. The number of amides is 4. The lowest BCUT2D eigenvalue weighted by molar-refractivity contribution is -0.384. The molecule has 4 amide bonds. The van der Waals surface area contributed by atoms with Crippen LogP contribution in [0.3, 0.4) is 0 Å². The molecule has 1 heterocycles. The van der Waals surface area contributed by atoms with Crippen LogP contribution in [0, 0.1) is 10.1 Å². The highest BCUT2D eigenvalue weighted by atomic mass is 35.5. The molecule has 218 valence electrons. The summed E-state index contributed by atoms with van der Waals surface area (Å²) in [7, 11) is 2.69. The molecule has 0 atom stereocenters. The van der Waals surface area contributed by atoms with Crippen LogP contribution in [0.15, 0.2) is 54.1 Å². The topological polar surface area (TPSA) is 147 Å². The van der Waals surface area contributed by atoms with Gasteiger partial charge >= 0.3 is 6.03 Å². The van der Waals surface area contributed by atoms with Gasteiger partial charge in [0.25, 0.3) is 17.5 Å². The van der Waals surface area contributed by atoms with Crippen molar-refractivity contribution in [2.24, 2.45) is 0 Å². The fourth-order valence-electron chi connectivity index (χ4n) is 4.05. The summed E-state index contributed by atoms with van der Waals surface area (Å²) in [4.78, 5) is 50.4. The number of imide groups is 2. The Balaban J connectivity index is 1.69. The number of ether oxygens (including phenoxy) is 4. The largest absolute Gasteiger partial charge is 0.495 e. The van der Waals surface area contributed by atoms with Gasteiger partial charge in [0, 0.05) is 24.3 Å². The summed E-state index contributed by atoms with van der Waals surface area (Å²) in [6.45, 7) is 1.91. The molecule has 1 N–H and O–H groups in total. The predicted molar refractivity (Wildman–Crippen MR) is 154 cm³/mol. The van der Waals surface area contributed by atoms with Crippen LogP contribution in [-0.4, -0.2) is 43.6 Å². The summed E-state index contributed by atoms with van der Waals surface area (Å²) >= 11 is 12.7. The highest BCUT2D eigenvalue weighted by Crippen LogP contribution is 2.40. The maximum absolute atomic E-state index is 13.5. The number of carbonyl (C=O) groups is 3. The number of nitrogens with zero attached hydrogens (tertiary/aromatic N) is 2.